The predicted molar refractivity (Wildman–Crippen MR) is 76.6 cm³/mol. The quantitative estimate of drug-likeness (QED) is 0.738. The number of carboxylic acid groups (broad SMARTS) is 1. The fraction of sp³-hybridized carbons (Fsp3) is 0.286. The van der Waals surface area contributed by atoms with E-state index >= 15 is 0 Å². The first-order chi connectivity index (χ1) is 9.99. The van der Waals surface area contributed by atoms with Crippen molar-refractivity contribution in [3.05, 3.63) is 35.7 Å². The number of carboxylic acids is 1. The van der Waals surface area contributed by atoms with Crippen LogP contribution < -0.4 is 5.32 Å². The van der Waals surface area contributed by atoms with Gasteiger partial charge in [0.2, 0.25) is 5.91 Å². The van der Waals surface area contributed by atoms with E-state index in [1.807, 2.05) is 0 Å². The van der Waals surface area contributed by atoms with Crippen molar-refractivity contribution in [2.24, 2.45) is 0 Å². The molecule has 1 aromatic rings. The first-order valence-corrected chi connectivity index (χ1v) is 6.34. The average Bonchev–Trinajstić information content (AvgIpc) is 2.49. The molecule has 0 aromatic carbocycles. The van der Waals surface area contributed by atoms with Gasteiger partial charge < -0.3 is 15.3 Å². The summed E-state index contributed by atoms with van der Waals surface area (Å²) in [6, 6.07) is 1.50. The number of pyridine rings is 1. The number of likely N-dealkylation sites (N-methyl/N-ethyl adjacent to an activating group) is 2. The van der Waals surface area contributed by atoms with E-state index in [1.54, 1.807) is 6.92 Å². The summed E-state index contributed by atoms with van der Waals surface area (Å²) >= 11 is 0. The lowest BCUT2D eigenvalue weighted by Crippen LogP contribution is -2.39. The molecule has 0 atom stereocenters. The number of hydrogen-bond donors (Lipinski definition) is 2. The predicted octanol–water partition coefficient (Wildman–Crippen LogP) is 0.387. The van der Waals surface area contributed by atoms with Gasteiger partial charge in [0.05, 0.1) is 6.54 Å². The third-order valence-corrected chi connectivity index (χ3v) is 2.77. The minimum atomic E-state index is -1.12. The monoisotopic (exact) mass is 291 g/mol. The number of carbonyl (C=O) groups excluding carboxylic acids is 2. The van der Waals surface area contributed by atoms with Crippen molar-refractivity contribution in [2.75, 3.05) is 20.1 Å². The first kappa shape index (κ1) is 16.4. The Balaban J connectivity index is 3.05. The molecule has 1 aromatic heterocycles. The van der Waals surface area contributed by atoms with Crippen LogP contribution in [0.15, 0.2) is 24.5 Å². The molecule has 112 valence electrons. The lowest BCUT2D eigenvalue weighted by molar-refractivity contribution is -0.131. The Hall–Kier alpha value is -2.70. The number of hydrogen-bond acceptors (Lipinski definition) is 4. The zero-order valence-electron chi connectivity index (χ0n) is 11.9. The SMILES string of the molecule is CCN(CC(=O)NC)C(=O)c1ccncc1C=CC(=O)O. The molecule has 0 saturated carbocycles. The molecule has 0 radical (unpaired) electrons. The van der Waals surface area contributed by atoms with Crippen LogP contribution in [-0.4, -0.2) is 52.9 Å². The molecule has 0 unspecified atom stereocenters. The number of nitrogens with one attached hydrogen (secondary N) is 1. The van der Waals surface area contributed by atoms with E-state index in [0.717, 1.165) is 6.08 Å². The van der Waals surface area contributed by atoms with Crippen LogP contribution in [0.3, 0.4) is 0 Å². The molecule has 1 rings (SSSR count). The molecule has 2 N–H and O–H groups in total. The van der Waals surface area contributed by atoms with Crippen LogP contribution in [0.2, 0.25) is 0 Å². The molecule has 7 nitrogen and oxygen atoms in total. The molecule has 0 aliphatic carbocycles. The summed E-state index contributed by atoms with van der Waals surface area (Å²) in [4.78, 5) is 39.7. The van der Waals surface area contributed by atoms with Crippen LogP contribution in [-0.2, 0) is 9.59 Å². The van der Waals surface area contributed by atoms with Crippen LogP contribution >= 0.6 is 0 Å². The Morgan fingerprint density at radius 1 is 1.43 bits per heavy atom. The summed E-state index contributed by atoms with van der Waals surface area (Å²) in [7, 11) is 1.49. The Morgan fingerprint density at radius 3 is 2.71 bits per heavy atom. The third kappa shape index (κ3) is 4.72. The standard InChI is InChI=1S/C14H17N3O4/c1-3-17(9-12(18)15-2)14(21)11-6-7-16-8-10(11)4-5-13(19)20/h4-8H,3,9H2,1-2H3,(H,15,18)(H,19,20). The molecule has 0 saturated heterocycles. The summed E-state index contributed by atoms with van der Waals surface area (Å²) in [5, 5.41) is 11.1. The van der Waals surface area contributed by atoms with Crippen LogP contribution in [0.5, 0.6) is 0 Å². The van der Waals surface area contributed by atoms with E-state index in [0.29, 0.717) is 17.7 Å². The highest BCUT2D eigenvalue weighted by atomic mass is 16.4. The van der Waals surface area contributed by atoms with E-state index in [1.165, 1.54) is 36.5 Å². The summed E-state index contributed by atoms with van der Waals surface area (Å²) in [6.45, 7) is 2.06. The van der Waals surface area contributed by atoms with Crippen molar-refractivity contribution in [1.29, 1.82) is 0 Å². The number of carbonyl (C=O) groups is 3. The number of nitrogens with zero attached hydrogens (tertiary/aromatic N) is 2. The molecule has 0 aliphatic rings. The second-order valence-corrected chi connectivity index (χ2v) is 4.13. The topological polar surface area (TPSA) is 99.6 Å². The van der Waals surface area contributed by atoms with Gasteiger partial charge in [0, 0.05) is 43.2 Å². The number of aliphatic carboxylic acids is 1. The normalized spacial score (nSPS) is 10.4. The van der Waals surface area contributed by atoms with Crippen molar-refractivity contribution in [1.82, 2.24) is 15.2 Å². The van der Waals surface area contributed by atoms with E-state index in [9.17, 15) is 14.4 Å². The highest BCUT2D eigenvalue weighted by molar-refractivity contribution is 6.00. The molecule has 0 aliphatic heterocycles. The Morgan fingerprint density at radius 2 is 2.14 bits per heavy atom. The smallest absolute Gasteiger partial charge is 0.328 e. The lowest BCUT2D eigenvalue weighted by atomic mass is 10.1. The molecule has 7 heteroatoms. The summed E-state index contributed by atoms with van der Waals surface area (Å²) < 4.78 is 0. The number of aromatic nitrogens is 1. The minimum absolute atomic E-state index is 0.0593. The maximum atomic E-state index is 12.4. The molecule has 0 spiro atoms. The van der Waals surface area contributed by atoms with Gasteiger partial charge in [-0.1, -0.05) is 0 Å². The van der Waals surface area contributed by atoms with Gasteiger partial charge in [0.25, 0.3) is 5.91 Å². The second-order valence-electron chi connectivity index (χ2n) is 4.13. The van der Waals surface area contributed by atoms with Crippen LogP contribution in [0, 0.1) is 0 Å². The second kappa shape index (κ2) is 7.78. The van der Waals surface area contributed by atoms with E-state index in [4.69, 9.17) is 5.11 Å². The van der Waals surface area contributed by atoms with Crippen molar-refractivity contribution < 1.29 is 19.5 Å². The van der Waals surface area contributed by atoms with Crippen LogP contribution in [0.25, 0.3) is 6.08 Å². The zero-order valence-corrected chi connectivity index (χ0v) is 11.9. The van der Waals surface area contributed by atoms with Gasteiger partial charge in [0.1, 0.15) is 0 Å². The highest BCUT2D eigenvalue weighted by Gasteiger charge is 2.18. The van der Waals surface area contributed by atoms with Crippen molar-refractivity contribution >= 4 is 23.9 Å². The van der Waals surface area contributed by atoms with Crippen molar-refractivity contribution in [3.63, 3.8) is 0 Å². The Labute approximate surface area is 122 Å². The van der Waals surface area contributed by atoms with Crippen LogP contribution in [0.1, 0.15) is 22.8 Å². The van der Waals surface area contributed by atoms with Gasteiger partial charge in [-0.15, -0.1) is 0 Å². The first-order valence-electron chi connectivity index (χ1n) is 6.34. The van der Waals surface area contributed by atoms with Gasteiger partial charge in [-0.2, -0.15) is 0 Å². The van der Waals surface area contributed by atoms with E-state index in [-0.39, 0.29) is 18.4 Å². The van der Waals surface area contributed by atoms with Gasteiger partial charge in [-0.05, 0) is 19.1 Å². The largest absolute Gasteiger partial charge is 0.478 e. The van der Waals surface area contributed by atoms with Crippen molar-refractivity contribution in [3.8, 4) is 0 Å². The fourth-order valence-electron chi connectivity index (χ4n) is 1.65. The molecule has 0 fully saturated rings. The molecule has 1 heterocycles. The fourth-order valence-corrected chi connectivity index (χ4v) is 1.65. The average molecular weight is 291 g/mol. The maximum Gasteiger partial charge on any atom is 0.328 e. The lowest BCUT2D eigenvalue weighted by Gasteiger charge is -2.20. The van der Waals surface area contributed by atoms with Gasteiger partial charge in [-0.3, -0.25) is 14.6 Å². The zero-order chi connectivity index (χ0) is 15.8. The number of amides is 2. The molecule has 21 heavy (non-hydrogen) atoms. The van der Waals surface area contributed by atoms with Gasteiger partial charge >= 0.3 is 5.97 Å². The molecule has 2 amide bonds. The summed E-state index contributed by atoms with van der Waals surface area (Å²) in [6.07, 6.45) is 5.08. The molecular weight excluding hydrogens is 274 g/mol. The number of rotatable bonds is 6. The Bertz CT molecular complexity index is 569. The summed E-state index contributed by atoms with van der Waals surface area (Å²) in [5.74, 6) is -1.75. The maximum absolute atomic E-state index is 12.4. The van der Waals surface area contributed by atoms with Crippen molar-refractivity contribution in [2.45, 2.75) is 6.92 Å². The Kier molecular flexibility index (Phi) is 6.06. The minimum Gasteiger partial charge on any atom is -0.478 e. The molecular formula is C14H17N3O4. The molecule has 0 bridgehead atoms. The third-order valence-electron chi connectivity index (χ3n) is 2.77. The van der Waals surface area contributed by atoms with Gasteiger partial charge in [0.15, 0.2) is 0 Å². The van der Waals surface area contributed by atoms with E-state index < -0.39 is 5.97 Å². The summed E-state index contributed by atoms with van der Waals surface area (Å²) in [5.41, 5.74) is 0.688. The van der Waals surface area contributed by atoms with E-state index in [2.05, 4.69) is 10.3 Å². The highest BCUT2D eigenvalue weighted by Crippen LogP contribution is 2.12. The van der Waals surface area contributed by atoms with Gasteiger partial charge in [-0.25, -0.2) is 4.79 Å². The van der Waals surface area contributed by atoms with Crippen LogP contribution in [0.4, 0.5) is 0 Å².